The Balaban J connectivity index is 3.47. The van der Waals surface area contributed by atoms with Crippen LogP contribution >= 0.6 is 12.6 Å². The third kappa shape index (κ3) is 6.19. The van der Waals surface area contributed by atoms with E-state index in [9.17, 15) is 0 Å². The zero-order valence-electron chi connectivity index (χ0n) is 6.52. The minimum Gasteiger partial charge on any atom is -0.327 e. The third-order valence-electron chi connectivity index (χ3n) is 1.11. The first-order chi connectivity index (χ1) is 3.95. The van der Waals surface area contributed by atoms with Gasteiger partial charge in [0.25, 0.3) is 0 Å². The van der Waals surface area contributed by atoms with E-state index in [2.05, 4.69) is 33.4 Å². The summed E-state index contributed by atoms with van der Waals surface area (Å²) in [7, 11) is 0. The molecule has 1 atom stereocenters. The molecule has 0 aliphatic rings. The molecule has 0 fully saturated rings. The molecule has 0 amide bonds. The summed E-state index contributed by atoms with van der Waals surface area (Å²) in [5.74, 6) is 0.789. The van der Waals surface area contributed by atoms with Crippen molar-refractivity contribution >= 4 is 12.6 Å². The Labute approximate surface area is 63.4 Å². The van der Waals surface area contributed by atoms with Gasteiger partial charge in [0.1, 0.15) is 0 Å². The highest BCUT2D eigenvalue weighted by atomic mass is 32.1. The lowest BCUT2D eigenvalue weighted by Crippen LogP contribution is -2.27. The molecule has 0 aliphatic heterocycles. The van der Waals surface area contributed by atoms with Crippen molar-refractivity contribution in [3.8, 4) is 0 Å². The van der Waals surface area contributed by atoms with Gasteiger partial charge in [-0.3, -0.25) is 0 Å². The molecule has 0 aliphatic carbocycles. The lowest BCUT2D eigenvalue weighted by molar-refractivity contribution is 0.351. The summed E-state index contributed by atoms with van der Waals surface area (Å²) in [6.45, 7) is 6.57. The Bertz CT molecular complexity index is 75.5. The summed E-state index contributed by atoms with van der Waals surface area (Å²) < 4.78 is 0. The van der Waals surface area contributed by atoms with Crippen molar-refractivity contribution < 1.29 is 0 Å². The molecule has 0 radical (unpaired) electrons. The number of nitrogens with two attached hydrogens (primary N) is 1. The van der Waals surface area contributed by atoms with Gasteiger partial charge in [0, 0.05) is 11.8 Å². The van der Waals surface area contributed by atoms with Crippen molar-refractivity contribution in [2.45, 2.75) is 33.2 Å². The average molecular weight is 147 g/mol. The molecule has 0 bridgehead atoms. The molecule has 56 valence electrons. The molecule has 9 heavy (non-hydrogen) atoms. The van der Waals surface area contributed by atoms with E-state index in [0.717, 1.165) is 12.2 Å². The lowest BCUT2D eigenvalue weighted by Gasteiger charge is -2.21. The Morgan fingerprint density at radius 3 is 2.00 bits per heavy atom. The zero-order valence-corrected chi connectivity index (χ0v) is 7.41. The van der Waals surface area contributed by atoms with Gasteiger partial charge in [0.2, 0.25) is 0 Å². The molecule has 0 saturated carbocycles. The fourth-order valence-corrected chi connectivity index (χ4v) is 0.980. The minimum atomic E-state index is 0.258. The van der Waals surface area contributed by atoms with Gasteiger partial charge in [-0.1, -0.05) is 20.8 Å². The largest absolute Gasteiger partial charge is 0.327 e. The maximum Gasteiger partial charge on any atom is 0.0132 e. The molecule has 2 heteroatoms. The van der Waals surface area contributed by atoms with E-state index in [0.29, 0.717) is 5.41 Å². The van der Waals surface area contributed by atoms with Crippen LogP contribution in [0.3, 0.4) is 0 Å². The van der Waals surface area contributed by atoms with Gasteiger partial charge in [-0.15, -0.1) is 0 Å². The first-order valence-electron chi connectivity index (χ1n) is 3.32. The van der Waals surface area contributed by atoms with Crippen LogP contribution in [0.25, 0.3) is 0 Å². The number of hydrogen-bond acceptors (Lipinski definition) is 2. The van der Waals surface area contributed by atoms with Crippen molar-refractivity contribution in [1.29, 1.82) is 0 Å². The molecule has 0 unspecified atom stereocenters. The van der Waals surface area contributed by atoms with Crippen LogP contribution < -0.4 is 5.73 Å². The number of rotatable bonds is 2. The monoisotopic (exact) mass is 147 g/mol. The molecule has 0 aromatic carbocycles. The number of thiol groups is 1. The van der Waals surface area contributed by atoms with Gasteiger partial charge >= 0.3 is 0 Å². The summed E-state index contributed by atoms with van der Waals surface area (Å²) in [6.07, 6.45) is 1.05. The highest BCUT2D eigenvalue weighted by Crippen LogP contribution is 2.19. The van der Waals surface area contributed by atoms with Crippen LogP contribution in [-0.2, 0) is 0 Å². The van der Waals surface area contributed by atoms with Crippen LogP contribution in [0.5, 0.6) is 0 Å². The minimum absolute atomic E-state index is 0.258. The summed E-state index contributed by atoms with van der Waals surface area (Å²) in [6, 6.07) is 0.258. The topological polar surface area (TPSA) is 26.0 Å². The van der Waals surface area contributed by atoms with Crippen LogP contribution in [0.15, 0.2) is 0 Å². The average Bonchev–Trinajstić information content (AvgIpc) is 1.62. The first kappa shape index (κ1) is 9.31. The fraction of sp³-hybridized carbons (Fsp3) is 1.00. The smallest absolute Gasteiger partial charge is 0.0132 e. The SMILES string of the molecule is CC(C)(C)C[C@H](N)CS. The van der Waals surface area contributed by atoms with E-state index in [1.54, 1.807) is 0 Å². The predicted octanol–water partition coefficient (Wildman–Crippen LogP) is 1.68. The van der Waals surface area contributed by atoms with Crippen molar-refractivity contribution in [2.75, 3.05) is 5.75 Å². The van der Waals surface area contributed by atoms with E-state index in [4.69, 9.17) is 5.73 Å². The standard InChI is InChI=1S/C7H17NS/c1-7(2,3)4-6(8)5-9/h6,9H,4-5,8H2,1-3H3/t6-/m0/s1. The van der Waals surface area contributed by atoms with Gasteiger partial charge in [-0.2, -0.15) is 12.6 Å². The Hall–Kier alpha value is 0.310. The summed E-state index contributed by atoms with van der Waals surface area (Å²) >= 11 is 4.10. The van der Waals surface area contributed by atoms with Crippen LogP contribution in [0.4, 0.5) is 0 Å². The van der Waals surface area contributed by atoms with Gasteiger partial charge < -0.3 is 5.73 Å². The van der Waals surface area contributed by atoms with Gasteiger partial charge in [0.15, 0.2) is 0 Å². The Kier molecular flexibility index (Phi) is 3.59. The Morgan fingerprint density at radius 2 is 1.89 bits per heavy atom. The maximum absolute atomic E-state index is 5.68. The van der Waals surface area contributed by atoms with Crippen LogP contribution in [0, 0.1) is 5.41 Å². The predicted molar refractivity (Wildman–Crippen MR) is 45.9 cm³/mol. The van der Waals surface area contributed by atoms with Crippen molar-refractivity contribution in [2.24, 2.45) is 11.1 Å². The van der Waals surface area contributed by atoms with Gasteiger partial charge in [-0.05, 0) is 11.8 Å². The van der Waals surface area contributed by atoms with Crippen LogP contribution in [-0.4, -0.2) is 11.8 Å². The highest BCUT2D eigenvalue weighted by Gasteiger charge is 2.13. The molecule has 1 nitrogen and oxygen atoms in total. The van der Waals surface area contributed by atoms with E-state index in [-0.39, 0.29) is 6.04 Å². The molecule has 0 saturated heterocycles. The molecular weight excluding hydrogens is 130 g/mol. The molecule has 0 spiro atoms. The zero-order chi connectivity index (χ0) is 7.49. The number of hydrogen-bond donors (Lipinski definition) is 2. The van der Waals surface area contributed by atoms with Crippen molar-refractivity contribution in [3.05, 3.63) is 0 Å². The van der Waals surface area contributed by atoms with Crippen molar-refractivity contribution in [1.82, 2.24) is 0 Å². The third-order valence-corrected chi connectivity index (χ3v) is 1.58. The van der Waals surface area contributed by atoms with E-state index in [1.807, 2.05) is 0 Å². The van der Waals surface area contributed by atoms with Gasteiger partial charge in [0.05, 0.1) is 0 Å². The second kappa shape index (κ2) is 3.47. The second-order valence-electron chi connectivity index (χ2n) is 3.71. The molecule has 0 heterocycles. The summed E-state index contributed by atoms with van der Waals surface area (Å²) in [5, 5.41) is 0. The van der Waals surface area contributed by atoms with E-state index >= 15 is 0 Å². The fourth-order valence-electron chi connectivity index (χ4n) is 0.851. The molecule has 0 aromatic heterocycles. The van der Waals surface area contributed by atoms with Crippen LogP contribution in [0.2, 0.25) is 0 Å². The summed E-state index contributed by atoms with van der Waals surface area (Å²) in [5.41, 5.74) is 6.03. The molecular formula is C7H17NS. The molecule has 0 aromatic rings. The van der Waals surface area contributed by atoms with Gasteiger partial charge in [-0.25, -0.2) is 0 Å². The van der Waals surface area contributed by atoms with Crippen molar-refractivity contribution in [3.63, 3.8) is 0 Å². The quantitative estimate of drug-likeness (QED) is 0.571. The highest BCUT2D eigenvalue weighted by molar-refractivity contribution is 7.80. The molecule has 2 N–H and O–H groups in total. The van der Waals surface area contributed by atoms with Crippen LogP contribution in [0.1, 0.15) is 27.2 Å². The van der Waals surface area contributed by atoms with E-state index in [1.165, 1.54) is 0 Å². The first-order valence-corrected chi connectivity index (χ1v) is 3.95. The lowest BCUT2D eigenvalue weighted by atomic mass is 9.89. The summed E-state index contributed by atoms with van der Waals surface area (Å²) in [4.78, 5) is 0. The van der Waals surface area contributed by atoms with E-state index < -0.39 is 0 Å². The normalized spacial score (nSPS) is 15.7. The Morgan fingerprint density at radius 1 is 1.44 bits per heavy atom. The second-order valence-corrected chi connectivity index (χ2v) is 4.07. The maximum atomic E-state index is 5.68. The molecule has 0 rings (SSSR count).